The second-order valence-corrected chi connectivity index (χ2v) is 7.39. The van der Waals surface area contributed by atoms with Crippen molar-refractivity contribution >= 4 is 17.5 Å². The van der Waals surface area contributed by atoms with Crippen LogP contribution < -0.4 is 0 Å². The van der Waals surface area contributed by atoms with Crippen molar-refractivity contribution in [3.05, 3.63) is 101 Å². The minimum Gasteiger partial charge on any atom is -0.395 e. The van der Waals surface area contributed by atoms with Gasteiger partial charge < -0.3 is 10.0 Å². The van der Waals surface area contributed by atoms with E-state index in [4.69, 9.17) is 11.6 Å². The summed E-state index contributed by atoms with van der Waals surface area (Å²) in [7, 11) is 0. The highest BCUT2D eigenvalue weighted by molar-refractivity contribution is 6.30. The molecule has 3 aromatic carbocycles. The van der Waals surface area contributed by atoms with Crippen LogP contribution in [0.5, 0.6) is 0 Å². The van der Waals surface area contributed by atoms with Gasteiger partial charge in [0, 0.05) is 23.7 Å². The predicted molar refractivity (Wildman–Crippen MR) is 120 cm³/mol. The smallest absolute Gasteiger partial charge is 0.293 e. The number of amides is 1. The van der Waals surface area contributed by atoms with E-state index < -0.39 is 0 Å². The summed E-state index contributed by atoms with van der Waals surface area (Å²) in [5.41, 5.74) is 2.49. The molecule has 1 heterocycles. The molecule has 0 saturated carbocycles. The van der Waals surface area contributed by atoms with Gasteiger partial charge in [-0.15, -0.1) is 5.10 Å². The second-order valence-electron chi connectivity index (χ2n) is 6.95. The monoisotopic (exact) mass is 432 g/mol. The van der Waals surface area contributed by atoms with Gasteiger partial charge in [-0.2, -0.15) is 0 Å². The number of hydrogen-bond donors (Lipinski definition) is 1. The van der Waals surface area contributed by atoms with Crippen LogP contribution in [0.1, 0.15) is 16.2 Å². The summed E-state index contributed by atoms with van der Waals surface area (Å²) in [6.45, 7) is 0.381. The van der Waals surface area contributed by atoms with E-state index in [2.05, 4.69) is 10.1 Å². The highest BCUT2D eigenvalue weighted by Gasteiger charge is 2.23. The number of nitrogens with zero attached hydrogens (tertiary/aromatic N) is 4. The number of aromatic nitrogens is 3. The molecule has 1 aromatic heterocycles. The van der Waals surface area contributed by atoms with E-state index in [1.165, 1.54) is 0 Å². The van der Waals surface area contributed by atoms with Crippen molar-refractivity contribution in [3.63, 3.8) is 0 Å². The fourth-order valence-corrected chi connectivity index (χ4v) is 3.47. The van der Waals surface area contributed by atoms with Crippen molar-refractivity contribution in [2.75, 3.05) is 13.2 Å². The average Bonchev–Trinajstić information content (AvgIpc) is 3.25. The van der Waals surface area contributed by atoms with Crippen molar-refractivity contribution in [2.24, 2.45) is 0 Å². The lowest BCUT2D eigenvalue weighted by Gasteiger charge is -2.20. The van der Waals surface area contributed by atoms with Crippen LogP contribution in [-0.2, 0) is 6.54 Å². The molecule has 0 unspecified atom stereocenters. The Morgan fingerprint density at radius 1 is 0.968 bits per heavy atom. The van der Waals surface area contributed by atoms with Crippen molar-refractivity contribution in [2.45, 2.75) is 6.54 Å². The highest BCUT2D eigenvalue weighted by atomic mass is 35.5. The van der Waals surface area contributed by atoms with Crippen molar-refractivity contribution in [1.82, 2.24) is 19.7 Å². The number of halogens is 1. The first-order chi connectivity index (χ1) is 15.2. The summed E-state index contributed by atoms with van der Waals surface area (Å²) in [5.74, 6) is 0.244. The van der Waals surface area contributed by atoms with E-state index in [1.54, 1.807) is 21.7 Å². The van der Waals surface area contributed by atoms with E-state index in [0.717, 1.165) is 11.1 Å². The lowest BCUT2D eigenvalue weighted by Crippen LogP contribution is -2.33. The SMILES string of the molecule is O=C(c1nc(-c2ccccc2)n(-c2cccc(Cl)c2)n1)N(CCO)Cc1ccccc1. The minimum atomic E-state index is -0.351. The van der Waals surface area contributed by atoms with Crippen molar-refractivity contribution in [3.8, 4) is 17.1 Å². The molecule has 156 valence electrons. The summed E-state index contributed by atoms with van der Waals surface area (Å²) in [4.78, 5) is 19.4. The number of rotatable bonds is 7. The Balaban J connectivity index is 1.74. The van der Waals surface area contributed by atoms with Gasteiger partial charge in [-0.05, 0) is 23.8 Å². The van der Waals surface area contributed by atoms with E-state index >= 15 is 0 Å². The van der Waals surface area contributed by atoms with Gasteiger partial charge in [0.25, 0.3) is 5.91 Å². The molecular formula is C24H21ClN4O2. The maximum Gasteiger partial charge on any atom is 0.293 e. The molecule has 7 heteroatoms. The third kappa shape index (κ3) is 4.82. The Hall–Kier alpha value is -3.48. The van der Waals surface area contributed by atoms with E-state index in [9.17, 15) is 9.90 Å². The molecule has 1 amide bonds. The quantitative estimate of drug-likeness (QED) is 0.474. The van der Waals surface area contributed by atoms with Crippen LogP contribution in [-0.4, -0.2) is 43.8 Å². The van der Waals surface area contributed by atoms with E-state index in [-0.39, 0.29) is 24.9 Å². The first kappa shape index (κ1) is 20.8. The van der Waals surface area contributed by atoms with Crippen LogP contribution in [0.4, 0.5) is 0 Å². The van der Waals surface area contributed by atoms with Gasteiger partial charge in [-0.25, -0.2) is 9.67 Å². The molecule has 4 aromatic rings. The van der Waals surface area contributed by atoms with Crippen molar-refractivity contribution < 1.29 is 9.90 Å². The number of aliphatic hydroxyl groups excluding tert-OH is 1. The molecule has 0 spiro atoms. The first-order valence-electron chi connectivity index (χ1n) is 9.88. The molecule has 0 bridgehead atoms. The topological polar surface area (TPSA) is 71.2 Å². The Morgan fingerprint density at radius 2 is 1.68 bits per heavy atom. The number of aliphatic hydroxyl groups is 1. The zero-order chi connectivity index (χ0) is 21.6. The van der Waals surface area contributed by atoms with Crippen LogP contribution in [0.15, 0.2) is 84.9 Å². The Bertz CT molecular complexity index is 1160. The maximum absolute atomic E-state index is 13.3. The average molecular weight is 433 g/mol. The summed E-state index contributed by atoms with van der Waals surface area (Å²) in [6.07, 6.45) is 0. The first-order valence-corrected chi connectivity index (χ1v) is 10.3. The molecule has 1 N–H and O–H groups in total. The zero-order valence-electron chi connectivity index (χ0n) is 16.7. The fourth-order valence-electron chi connectivity index (χ4n) is 3.28. The lowest BCUT2D eigenvalue weighted by molar-refractivity contribution is 0.0695. The summed E-state index contributed by atoms with van der Waals surface area (Å²) in [5, 5.41) is 14.6. The Labute approximate surface area is 185 Å². The molecule has 0 atom stereocenters. The molecule has 31 heavy (non-hydrogen) atoms. The minimum absolute atomic E-state index is 0.0585. The van der Waals surface area contributed by atoms with Crippen LogP contribution in [0, 0.1) is 0 Å². The normalized spacial score (nSPS) is 10.8. The number of carbonyl (C=O) groups is 1. The largest absolute Gasteiger partial charge is 0.395 e. The van der Waals surface area contributed by atoms with Crippen LogP contribution in [0.3, 0.4) is 0 Å². The molecular weight excluding hydrogens is 412 g/mol. The molecule has 0 aliphatic carbocycles. The van der Waals surface area contributed by atoms with E-state index in [0.29, 0.717) is 23.1 Å². The zero-order valence-corrected chi connectivity index (χ0v) is 17.5. The van der Waals surface area contributed by atoms with Crippen molar-refractivity contribution in [1.29, 1.82) is 0 Å². The van der Waals surface area contributed by atoms with Gasteiger partial charge in [0.1, 0.15) is 0 Å². The number of carbonyl (C=O) groups excluding carboxylic acids is 1. The fraction of sp³-hybridized carbons (Fsp3) is 0.125. The van der Waals surface area contributed by atoms with Gasteiger partial charge >= 0.3 is 0 Å². The summed E-state index contributed by atoms with van der Waals surface area (Å²) >= 11 is 6.18. The molecule has 6 nitrogen and oxygen atoms in total. The molecule has 0 fully saturated rings. The van der Waals surface area contributed by atoms with Gasteiger partial charge in [0.05, 0.1) is 12.3 Å². The van der Waals surface area contributed by atoms with E-state index in [1.807, 2.05) is 72.8 Å². The Morgan fingerprint density at radius 3 is 2.35 bits per heavy atom. The third-order valence-electron chi connectivity index (χ3n) is 4.76. The molecule has 4 rings (SSSR count). The number of hydrogen-bond acceptors (Lipinski definition) is 4. The Kier molecular flexibility index (Phi) is 6.40. The van der Waals surface area contributed by atoms with Gasteiger partial charge in [-0.3, -0.25) is 4.79 Å². The maximum atomic E-state index is 13.3. The summed E-state index contributed by atoms with van der Waals surface area (Å²) in [6, 6.07) is 26.4. The highest BCUT2D eigenvalue weighted by Crippen LogP contribution is 2.23. The third-order valence-corrected chi connectivity index (χ3v) is 4.99. The second kappa shape index (κ2) is 9.55. The predicted octanol–water partition coefficient (Wildman–Crippen LogP) is 4.22. The molecule has 0 radical (unpaired) electrons. The number of benzene rings is 3. The molecule has 0 aliphatic heterocycles. The standard InChI is InChI=1S/C24H21ClN4O2/c25-20-12-7-13-21(16-20)29-23(19-10-5-2-6-11-19)26-22(27-29)24(31)28(14-15-30)17-18-8-3-1-4-9-18/h1-13,16,30H,14-15,17H2. The van der Waals surface area contributed by atoms with Crippen LogP contribution in [0.2, 0.25) is 5.02 Å². The lowest BCUT2D eigenvalue weighted by atomic mass is 10.2. The van der Waals surface area contributed by atoms with Gasteiger partial charge in [0.15, 0.2) is 5.82 Å². The summed E-state index contributed by atoms with van der Waals surface area (Å²) < 4.78 is 1.62. The van der Waals surface area contributed by atoms with Crippen LogP contribution in [0.25, 0.3) is 17.1 Å². The van der Waals surface area contributed by atoms with Gasteiger partial charge in [0.2, 0.25) is 5.82 Å². The molecule has 0 aliphatic rings. The molecule has 0 saturated heterocycles. The van der Waals surface area contributed by atoms with Crippen LogP contribution >= 0.6 is 11.6 Å². The van der Waals surface area contributed by atoms with Gasteiger partial charge in [-0.1, -0.05) is 78.3 Å².